The van der Waals surface area contributed by atoms with Gasteiger partial charge in [-0.1, -0.05) is 0 Å². The lowest BCUT2D eigenvalue weighted by Crippen LogP contribution is -2.39. The second-order valence-corrected chi connectivity index (χ2v) is 7.04. The molecule has 1 amide bonds. The van der Waals surface area contributed by atoms with Crippen LogP contribution in [-0.2, 0) is 9.47 Å². The van der Waals surface area contributed by atoms with Crippen molar-refractivity contribution < 1.29 is 18.7 Å². The molecule has 2 aliphatic heterocycles. The van der Waals surface area contributed by atoms with Crippen LogP contribution in [0.5, 0.6) is 0 Å². The van der Waals surface area contributed by atoms with Gasteiger partial charge in [-0.15, -0.1) is 0 Å². The highest BCUT2D eigenvalue weighted by Gasteiger charge is 2.33. The number of cyclic esters (lactones) is 1. The maximum Gasteiger partial charge on any atom is 0.414 e. The van der Waals surface area contributed by atoms with Crippen molar-refractivity contribution in [2.75, 3.05) is 50.1 Å². The van der Waals surface area contributed by atoms with Crippen LogP contribution in [0.15, 0.2) is 18.2 Å². The lowest BCUT2D eigenvalue weighted by atomic mass is 10.1. The molecule has 2 fully saturated rings. The van der Waals surface area contributed by atoms with Crippen LogP contribution in [0.3, 0.4) is 0 Å². The van der Waals surface area contributed by atoms with Crippen LogP contribution < -0.4 is 20.4 Å². The van der Waals surface area contributed by atoms with Crippen LogP contribution in [0, 0.1) is 5.82 Å². The van der Waals surface area contributed by atoms with E-state index in [4.69, 9.17) is 21.7 Å². The van der Waals surface area contributed by atoms with E-state index in [2.05, 4.69) is 10.6 Å². The molecule has 1 aromatic rings. The number of carbonyl (C=O) groups excluding carboxylic acids is 1. The number of methoxy groups -OCH3 is 1. The van der Waals surface area contributed by atoms with Gasteiger partial charge < -0.3 is 25.0 Å². The van der Waals surface area contributed by atoms with Crippen molar-refractivity contribution in [2.45, 2.75) is 25.0 Å². The van der Waals surface area contributed by atoms with E-state index < -0.39 is 6.09 Å². The molecule has 0 aliphatic carbocycles. The Morgan fingerprint density at radius 1 is 1.41 bits per heavy atom. The number of anilines is 2. The molecule has 0 saturated carbocycles. The summed E-state index contributed by atoms with van der Waals surface area (Å²) in [7, 11) is 3.42. The number of halogens is 1. The zero-order valence-corrected chi connectivity index (χ0v) is 16.4. The smallest absolute Gasteiger partial charge is 0.414 e. The van der Waals surface area contributed by atoms with Gasteiger partial charge in [0.25, 0.3) is 0 Å². The van der Waals surface area contributed by atoms with E-state index in [-0.39, 0.29) is 18.0 Å². The number of carbonyl (C=O) groups is 1. The lowest BCUT2D eigenvalue weighted by molar-refractivity contribution is 0.0818. The van der Waals surface area contributed by atoms with Gasteiger partial charge in [0.05, 0.1) is 30.6 Å². The summed E-state index contributed by atoms with van der Waals surface area (Å²) >= 11 is 5.01. The van der Waals surface area contributed by atoms with E-state index in [1.54, 1.807) is 26.3 Å². The van der Waals surface area contributed by atoms with Gasteiger partial charge in [-0.2, -0.15) is 0 Å². The quantitative estimate of drug-likeness (QED) is 0.737. The van der Waals surface area contributed by atoms with Crippen LogP contribution in [0.1, 0.15) is 12.8 Å². The number of ether oxygens (including phenoxy) is 2. The molecular formula is C18H25FN4O3S. The van der Waals surface area contributed by atoms with Crippen molar-refractivity contribution in [3.05, 3.63) is 24.0 Å². The second kappa shape index (κ2) is 8.71. The molecule has 2 heterocycles. The van der Waals surface area contributed by atoms with E-state index >= 15 is 0 Å². The molecule has 2 saturated heterocycles. The van der Waals surface area contributed by atoms with Gasteiger partial charge in [-0.3, -0.25) is 4.90 Å². The van der Waals surface area contributed by atoms with Crippen LogP contribution in [-0.4, -0.2) is 63.8 Å². The Kier molecular flexibility index (Phi) is 6.33. The van der Waals surface area contributed by atoms with Gasteiger partial charge >= 0.3 is 6.09 Å². The van der Waals surface area contributed by atoms with Crippen molar-refractivity contribution in [3.8, 4) is 0 Å². The van der Waals surface area contributed by atoms with Crippen LogP contribution >= 0.6 is 12.2 Å². The third kappa shape index (κ3) is 4.59. The van der Waals surface area contributed by atoms with E-state index in [0.717, 1.165) is 25.9 Å². The topological polar surface area (TPSA) is 66.1 Å². The molecule has 27 heavy (non-hydrogen) atoms. The number of benzene rings is 1. The fraction of sp³-hybridized carbons (Fsp3) is 0.556. The summed E-state index contributed by atoms with van der Waals surface area (Å²) in [5.74, 6) is -0.339. The highest BCUT2D eigenvalue weighted by Crippen LogP contribution is 2.29. The number of amides is 1. The molecule has 0 unspecified atom stereocenters. The summed E-state index contributed by atoms with van der Waals surface area (Å²) in [6.45, 7) is 2.24. The van der Waals surface area contributed by atoms with Crippen molar-refractivity contribution in [1.82, 2.24) is 10.6 Å². The standard InChI is InChI=1S/C18H25FN4O3S/c1-20-17(27)21-10-14-11-23(18(24)26-14)12-3-4-16(15(19)9-12)22-7-5-13(25-2)6-8-22/h3-4,9,13-14H,5-8,10-11H2,1-2H3,(H2,20,21,27)/t14-/m0/s1. The third-order valence-electron chi connectivity index (χ3n) is 4.95. The van der Waals surface area contributed by atoms with Gasteiger partial charge in [0.2, 0.25) is 0 Å². The number of thiocarbonyl (C=S) groups is 1. The molecule has 1 atom stereocenters. The number of hydrogen-bond acceptors (Lipinski definition) is 5. The minimum absolute atomic E-state index is 0.240. The molecule has 148 valence electrons. The van der Waals surface area contributed by atoms with Crippen molar-refractivity contribution in [3.63, 3.8) is 0 Å². The maximum absolute atomic E-state index is 14.7. The van der Waals surface area contributed by atoms with Crippen molar-refractivity contribution in [2.24, 2.45) is 0 Å². The van der Waals surface area contributed by atoms with E-state index in [1.807, 2.05) is 4.90 Å². The lowest BCUT2D eigenvalue weighted by Gasteiger charge is -2.33. The van der Waals surface area contributed by atoms with Crippen molar-refractivity contribution >= 4 is 34.8 Å². The highest BCUT2D eigenvalue weighted by molar-refractivity contribution is 7.80. The predicted octanol–water partition coefficient (Wildman–Crippen LogP) is 1.86. The number of hydrogen-bond donors (Lipinski definition) is 2. The number of piperidine rings is 1. The Bertz CT molecular complexity index is 697. The average Bonchev–Trinajstić information content (AvgIpc) is 3.06. The summed E-state index contributed by atoms with van der Waals surface area (Å²) in [5, 5.41) is 6.25. The normalized spacial score (nSPS) is 20.6. The highest BCUT2D eigenvalue weighted by atomic mass is 32.1. The Morgan fingerprint density at radius 2 is 2.15 bits per heavy atom. The Morgan fingerprint density at radius 3 is 2.78 bits per heavy atom. The minimum Gasteiger partial charge on any atom is -0.442 e. The molecule has 0 spiro atoms. The first kappa shape index (κ1) is 19.6. The summed E-state index contributed by atoms with van der Waals surface area (Å²) in [6, 6.07) is 4.88. The first-order valence-electron chi connectivity index (χ1n) is 9.03. The molecule has 2 aliphatic rings. The SMILES string of the molecule is CNC(=S)NC[C@H]1CN(c2ccc(N3CCC(OC)CC3)c(F)c2)C(=O)O1. The summed E-state index contributed by atoms with van der Waals surface area (Å²) < 4.78 is 25.4. The zero-order valence-electron chi connectivity index (χ0n) is 15.5. The molecule has 0 aromatic heterocycles. The number of nitrogens with one attached hydrogen (secondary N) is 2. The Labute approximate surface area is 163 Å². The largest absolute Gasteiger partial charge is 0.442 e. The Balaban J connectivity index is 1.63. The fourth-order valence-corrected chi connectivity index (χ4v) is 3.47. The molecule has 2 N–H and O–H groups in total. The van der Waals surface area contributed by atoms with Crippen LogP contribution in [0.4, 0.5) is 20.6 Å². The van der Waals surface area contributed by atoms with Gasteiger partial charge in [0.1, 0.15) is 11.9 Å². The van der Waals surface area contributed by atoms with Crippen molar-refractivity contribution in [1.29, 1.82) is 0 Å². The molecule has 1 aromatic carbocycles. The fourth-order valence-electron chi connectivity index (χ4n) is 3.39. The summed E-state index contributed by atoms with van der Waals surface area (Å²) in [6.07, 6.45) is 1.16. The zero-order chi connectivity index (χ0) is 19.4. The maximum atomic E-state index is 14.7. The molecule has 0 bridgehead atoms. The van der Waals surface area contributed by atoms with Crippen LogP contribution in [0.25, 0.3) is 0 Å². The minimum atomic E-state index is -0.481. The first-order chi connectivity index (χ1) is 13.0. The van der Waals surface area contributed by atoms with E-state index in [9.17, 15) is 9.18 Å². The number of nitrogens with zero attached hydrogens (tertiary/aromatic N) is 2. The monoisotopic (exact) mass is 396 g/mol. The van der Waals surface area contributed by atoms with Crippen LogP contribution in [0.2, 0.25) is 0 Å². The molecule has 3 rings (SSSR count). The predicted molar refractivity (Wildman–Crippen MR) is 106 cm³/mol. The Hall–Kier alpha value is -2.13. The molecule has 7 nitrogen and oxygen atoms in total. The average molecular weight is 396 g/mol. The molecular weight excluding hydrogens is 371 g/mol. The van der Waals surface area contributed by atoms with Gasteiger partial charge in [-0.25, -0.2) is 9.18 Å². The summed E-state index contributed by atoms with van der Waals surface area (Å²) in [4.78, 5) is 15.6. The van der Waals surface area contributed by atoms with Gasteiger partial charge in [-0.05, 0) is 43.3 Å². The second-order valence-electron chi connectivity index (χ2n) is 6.63. The van der Waals surface area contributed by atoms with E-state index in [1.165, 1.54) is 11.0 Å². The van der Waals surface area contributed by atoms with Gasteiger partial charge in [0, 0.05) is 27.2 Å². The third-order valence-corrected chi connectivity index (χ3v) is 5.30. The molecule has 9 heteroatoms. The number of rotatable bonds is 5. The summed E-state index contributed by atoms with van der Waals surface area (Å²) in [5.41, 5.74) is 1.05. The van der Waals surface area contributed by atoms with E-state index in [0.29, 0.717) is 29.6 Å². The molecule has 0 radical (unpaired) electrons. The first-order valence-corrected chi connectivity index (χ1v) is 9.43. The van der Waals surface area contributed by atoms with Gasteiger partial charge in [0.15, 0.2) is 5.11 Å².